The molecule has 0 spiro atoms. The summed E-state index contributed by atoms with van der Waals surface area (Å²) < 4.78 is 6.87. The van der Waals surface area contributed by atoms with Crippen molar-refractivity contribution >= 4 is 44.6 Å². The summed E-state index contributed by atoms with van der Waals surface area (Å²) in [4.78, 5) is 1.15. The maximum atomic E-state index is 8.42. The van der Waals surface area contributed by atoms with E-state index in [4.69, 9.17) is 21.6 Å². The van der Waals surface area contributed by atoms with Gasteiger partial charge >= 0.3 is 0 Å². The Labute approximate surface area is 128 Å². The summed E-state index contributed by atoms with van der Waals surface area (Å²) in [7, 11) is 0. The predicted molar refractivity (Wildman–Crippen MR) is 81.9 cm³/mol. The number of rotatable bonds is 5. The number of ether oxygens (including phenoxy) is 1. The summed E-state index contributed by atoms with van der Waals surface area (Å²) in [6, 6.07) is 11.4. The smallest absolute Gasteiger partial charge is 0.174 e. The normalized spacial score (nSPS) is 9.95. The van der Waals surface area contributed by atoms with Gasteiger partial charge in [-0.1, -0.05) is 11.6 Å². The molecule has 0 saturated carbocycles. The molecule has 1 aromatic heterocycles. The fourth-order valence-corrected chi connectivity index (χ4v) is 3.18. The second kappa shape index (κ2) is 6.80. The molecule has 3 nitrogen and oxygen atoms in total. The molecule has 0 fully saturated rings. The van der Waals surface area contributed by atoms with Crippen molar-refractivity contribution in [3.8, 4) is 11.8 Å². The molecule has 2 rings (SSSR count). The molecule has 0 aliphatic carbocycles. The van der Waals surface area contributed by atoms with Crippen molar-refractivity contribution in [3.05, 3.63) is 44.0 Å². The van der Waals surface area contributed by atoms with Gasteiger partial charge in [-0.25, -0.2) is 0 Å². The number of hydrogen-bond acceptors (Lipinski definition) is 4. The molecule has 0 amide bonds. The Morgan fingerprint density at radius 2 is 2.11 bits per heavy atom. The Bertz CT molecular complexity index is 572. The lowest BCUT2D eigenvalue weighted by molar-refractivity contribution is 0.368. The molecule has 0 radical (unpaired) electrons. The zero-order chi connectivity index (χ0) is 13.7. The van der Waals surface area contributed by atoms with Crippen LogP contribution in [0.2, 0.25) is 4.34 Å². The number of thiophene rings is 1. The van der Waals surface area contributed by atoms with Gasteiger partial charge in [-0.2, -0.15) is 5.26 Å². The number of nitrogens with zero attached hydrogens (tertiary/aromatic N) is 1. The van der Waals surface area contributed by atoms with E-state index in [1.165, 1.54) is 0 Å². The van der Waals surface area contributed by atoms with E-state index in [2.05, 4.69) is 21.2 Å². The molecule has 1 aromatic carbocycles. The second-order valence-corrected chi connectivity index (χ2v) is 6.25. The fraction of sp³-hybridized carbons (Fsp3) is 0.154. The number of halogens is 2. The third-order valence-corrected chi connectivity index (χ3v) is 4.80. The number of nitriles is 1. The van der Waals surface area contributed by atoms with E-state index in [9.17, 15) is 0 Å². The summed E-state index contributed by atoms with van der Waals surface area (Å²) in [5.74, 6) is 0.689. The molecule has 1 N–H and O–H groups in total. The predicted octanol–water partition coefficient (Wildman–Crippen LogP) is 4.68. The standard InChI is InChI=1S/C13H10BrClN2OS/c14-12-7-11(19-13(12)15)8-17-9-1-3-10(4-2-9)18-6-5-16/h1-4,7,17H,6,8H2. The highest BCUT2D eigenvalue weighted by molar-refractivity contribution is 9.10. The summed E-state index contributed by atoms with van der Waals surface area (Å²) in [6.07, 6.45) is 0. The second-order valence-electron chi connectivity index (χ2n) is 3.66. The van der Waals surface area contributed by atoms with E-state index in [1.54, 1.807) is 11.3 Å². The van der Waals surface area contributed by atoms with Crippen molar-refractivity contribution in [2.45, 2.75) is 6.54 Å². The first-order valence-corrected chi connectivity index (χ1v) is 7.45. The molecule has 0 aliphatic heterocycles. The average molecular weight is 358 g/mol. The van der Waals surface area contributed by atoms with E-state index < -0.39 is 0 Å². The minimum absolute atomic E-state index is 0.0640. The molecule has 98 valence electrons. The Morgan fingerprint density at radius 3 is 2.68 bits per heavy atom. The molecule has 0 atom stereocenters. The summed E-state index contributed by atoms with van der Waals surface area (Å²) in [5.41, 5.74) is 0.991. The molecule has 6 heteroatoms. The van der Waals surface area contributed by atoms with Crippen LogP contribution in [0.1, 0.15) is 4.88 Å². The van der Waals surface area contributed by atoms with Crippen LogP contribution in [0.3, 0.4) is 0 Å². The maximum absolute atomic E-state index is 8.42. The monoisotopic (exact) mass is 356 g/mol. The van der Waals surface area contributed by atoms with Crippen LogP contribution >= 0.6 is 38.9 Å². The maximum Gasteiger partial charge on any atom is 0.174 e. The molecule has 2 aromatic rings. The van der Waals surface area contributed by atoms with Crippen LogP contribution in [0.5, 0.6) is 5.75 Å². The first-order valence-electron chi connectivity index (χ1n) is 5.46. The molecule has 0 unspecified atom stereocenters. The van der Waals surface area contributed by atoms with Gasteiger partial charge in [0.15, 0.2) is 6.61 Å². The minimum atomic E-state index is 0.0640. The molecular weight excluding hydrogens is 348 g/mol. The van der Waals surface area contributed by atoms with E-state index in [-0.39, 0.29) is 6.61 Å². The number of benzene rings is 1. The quantitative estimate of drug-likeness (QED) is 0.845. The third kappa shape index (κ3) is 4.13. The lowest BCUT2D eigenvalue weighted by Gasteiger charge is -2.06. The highest BCUT2D eigenvalue weighted by Crippen LogP contribution is 2.32. The van der Waals surface area contributed by atoms with E-state index in [0.717, 1.165) is 19.4 Å². The van der Waals surface area contributed by atoms with Crippen LogP contribution in [-0.4, -0.2) is 6.61 Å². The van der Waals surface area contributed by atoms with Crippen molar-refractivity contribution in [1.29, 1.82) is 5.26 Å². The van der Waals surface area contributed by atoms with Crippen molar-refractivity contribution in [2.24, 2.45) is 0 Å². The Balaban J connectivity index is 1.91. The van der Waals surface area contributed by atoms with Crippen LogP contribution in [0.25, 0.3) is 0 Å². The van der Waals surface area contributed by atoms with E-state index >= 15 is 0 Å². The van der Waals surface area contributed by atoms with Gasteiger partial charge in [0.05, 0.1) is 0 Å². The Hall–Kier alpha value is -1.22. The first-order chi connectivity index (χ1) is 9.19. The van der Waals surface area contributed by atoms with Gasteiger partial charge in [0, 0.05) is 21.6 Å². The van der Waals surface area contributed by atoms with Crippen molar-refractivity contribution in [3.63, 3.8) is 0 Å². The third-order valence-electron chi connectivity index (χ3n) is 2.32. The summed E-state index contributed by atoms with van der Waals surface area (Å²) in [6.45, 7) is 0.781. The Morgan fingerprint density at radius 1 is 1.37 bits per heavy atom. The zero-order valence-electron chi connectivity index (χ0n) is 9.82. The largest absolute Gasteiger partial charge is 0.479 e. The van der Waals surface area contributed by atoms with E-state index in [0.29, 0.717) is 12.3 Å². The van der Waals surface area contributed by atoms with Crippen LogP contribution < -0.4 is 10.1 Å². The molecule has 1 heterocycles. The van der Waals surface area contributed by atoms with Crippen LogP contribution in [0.15, 0.2) is 34.8 Å². The number of anilines is 1. The molecular formula is C13H10BrClN2OS. The lowest BCUT2D eigenvalue weighted by Crippen LogP contribution is -1.98. The molecule has 0 saturated heterocycles. The SMILES string of the molecule is N#CCOc1ccc(NCc2cc(Br)c(Cl)s2)cc1. The first kappa shape index (κ1) is 14.2. The molecule has 0 aliphatic rings. The highest BCUT2D eigenvalue weighted by atomic mass is 79.9. The minimum Gasteiger partial charge on any atom is -0.479 e. The van der Waals surface area contributed by atoms with Crippen LogP contribution in [-0.2, 0) is 6.54 Å². The number of hydrogen-bond donors (Lipinski definition) is 1. The van der Waals surface area contributed by atoms with Crippen molar-refractivity contribution < 1.29 is 4.74 Å². The molecule has 19 heavy (non-hydrogen) atoms. The van der Waals surface area contributed by atoms with Gasteiger partial charge in [-0.05, 0) is 46.3 Å². The summed E-state index contributed by atoms with van der Waals surface area (Å²) >= 11 is 10.9. The average Bonchev–Trinajstić information content (AvgIpc) is 2.74. The van der Waals surface area contributed by atoms with Gasteiger partial charge in [0.25, 0.3) is 0 Å². The number of nitrogens with one attached hydrogen (secondary N) is 1. The van der Waals surface area contributed by atoms with E-state index in [1.807, 2.05) is 36.4 Å². The Kier molecular flexibility index (Phi) is 5.08. The van der Waals surface area contributed by atoms with Gasteiger partial charge in [-0.15, -0.1) is 11.3 Å². The van der Waals surface area contributed by atoms with Crippen molar-refractivity contribution in [2.75, 3.05) is 11.9 Å². The van der Waals surface area contributed by atoms with Gasteiger partial charge < -0.3 is 10.1 Å². The van der Waals surface area contributed by atoms with Crippen LogP contribution in [0.4, 0.5) is 5.69 Å². The van der Waals surface area contributed by atoms with Crippen LogP contribution in [0, 0.1) is 11.3 Å². The highest BCUT2D eigenvalue weighted by Gasteiger charge is 2.04. The zero-order valence-corrected chi connectivity index (χ0v) is 13.0. The topological polar surface area (TPSA) is 45.0 Å². The lowest BCUT2D eigenvalue weighted by atomic mass is 10.3. The van der Waals surface area contributed by atoms with Gasteiger partial charge in [0.1, 0.15) is 16.2 Å². The van der Waals surface area contributed by atoms with Crippen molar-refractivity contribution in [1.82, 2.24) is 0 Å². The summed E-state index contributed by atoms with van der Waals surface area (Å²) in [5, 5.41) is 11.7. The van der Waals surface area contributed by atoms with Gasteiger partial charge in [0.2, 0.25) is 0 Å². The van der Waals surface area contributed by atoms with Gasteiger partial charge in [-0.3, -0.25) is 0 Å². The fourth-order valence-electron chi connectivity index (χ4n) is 1.45. The molecule has 0 bridgehead atoms.